The standard InChI is InChI=1S/C21H17NOS/c22-21-19(17-6-3-7-18(17)24-21)20(23)13-8-9-16-14(11-13)10-12-4-1-2-5-15(12)16/h1-2,4-5,8-9,11H,3,6-7,10,22H2. The van der Waals surface area contributed by atoms with E-state index in [4.69, 9.17) is 5.73 Å². The molecular weight excluding hydrogens is 314 g/mol. The Labute approximate surface area is 145 Å². The molecule has 24 heavy (non-hydrogen) atoms. The number of anilines is 1. The van der Waals surface area contributed by atoms with E-state index in [9.17, 15) is 4.79 Å². The molecule has 118 valence electrons. The lowest BCUT2D eigenvalue weighted by atomic mass is 9.96. The van der Waals surface area contributed by atoms with E-state index in [0.29, 0.717) is 5.00 Å². The molecule has 0 fully saturated rings. The number of nitrogen functional groups attached to an aromatic ring is 1. The number of hydrogen-bond acceptors (Lipinski definition) is 3. The zero-order valence-electron chi connectivity index (χ0n) is 13.3. The number of thiophene rings is 1. The molecule has 1 heterocycles. The van der Waals surface area contributed by atoms with Gasteiger partial charge in [-0.25, -0.2) is 0 Å². The highest BCUT2D eigenvalue weighted by atomic mass is 32.1. The third-order valence-electron chi connectivity index (χ3n) is 5.23. The second kappa shape index (κ2) is 5.05. The van der Waals surface area contributed by atoms with E-state index in [1.807, 2.05) is 6.07 Å². The molecule has 2 nitrogen and oxygen atoms in total. The van der Waals surface area contributed by atoms with Crippen LogP contribution < -0.4 is 5.73 Å². The lowest BCUT2D eigenvalue weighted by molar-refractivity contribution is 0.103. The lowest BCUT2D eigenvalue weighted by Crippen LogP contribution is -2.06. The zero-order chi connectivity index (χ0) is 16.3. The molecule has 0 spiro atoms. The van der Waals surface area contributed by atoms with Gasteiger partial charge in [0.2, 0.25) is 0 Å². The van der Waals surface area contributed by atoms with Crippen molar-refractivity contribution in [3.05, 3.63) is 75.2 Å². The summed E-state index contributed by atoms with van der Waals surface area (Å²) in [6, 6.07) is 14.6. The first kappa shape index (κ1) is 14.0. The van der Waals surface area contributed by atoms with Crippen LogP contribution in [0.2, 0.25) is 0 Å². The van der Waals surface area contributed by atoms with Crippen LogP contribution >= 0.6 is 11.3 Å². The fourth-order valence-corrected chi connectivity index (χ4v) is 5.26. The fraction of sp³-hybridized carbons (Fsp3) is 0.190. The molecule has 2 N–H and O–H groups in total. The molecule has 2 aromatic carbocycles. The topological polar surface area (TPSA) is 43.1 Å². The third-order valence-corrected chi connectivity index (χ3v) is 6.35. The molecule has 0 unspecified atom stereocenters. The normalized spacial score (nSPS) is 14.3. The molecular formula is C21H17NOS. The minimum Gasteiger partial charge on any atom is -0.390 e. The maximum absolute atomic E-state index is 13.1. The van der Waals surface area contributed by atoms with Crippen LogP contribution in [0.1, 0.15) is 43.9 Å². The Morgan fingerprint density at radius 2 is 1.83 bits per heavy atom. The van der Waals surface area contributed by atoms with Gasteiger partial charge in [0.1, 0.15) is 0 Å². The first-order chi connectivity index (χ1) is 11.7. The van der Waals surface area contributed by atoms with Crippen molar-refractivity contribution in [3.63, 3.8) is 0 Å². The number of benzene rings is 2. The maximum atomic E-state index is 13.1. The zero-order valence-corrected chi connectivity index (χ0v) is 14.1. The third kappa shape index (κ3) is 1.91. The van der Waals surface area contributed by atoms with Crippen molar-refractivity contribution in [2.75, 3.05) is 5.73 Å². The van der Waals surface area contributed by atoms with Crippen molar-refractivity contribution in [1.82, 2.24) is 0 Å². The van der Waals surface area contributed by atoms with E-state index in [1.54, 1.807) is 11.3 Å². The van der Waals surface area contributed by atoms with Crippen molar-refractivity contribution in [2.45, 2.75) is 25.7 Å². The molecule has 5 rings (SSSR count). The monoisotopic (exact) mass is 331 g/mol. The van der Waals surface area contributed by atoms with E-state index in [1.165, 1.54) is 32.7 Å². The van der Waals surface area contributed by atoms with Crippen molar-refractivity contribution < 1.29 is 4.79 Å². The summed E-state index contributed by atoms with van der Waals surface area (Å²) in [6.07, 6.45) is 4.10. The summed E-state index contributed by atoms with van der Waals surface area (Å²) in [7, 11) is 0. The van der Waals surface area contributed by atoms with Crippen molar-refractivity contribution in [3.8, 4) is 11.1 Å². The van der Waals surface area contributed by atoms with E-state index in [0.717, 1.165) is 36.8 Å². The predicted octanol–water partition coefficient (Wildman–Crippen LogP) is 4.62. The van der Waals surface area contributed by atoms with Crippen molar-refractivity contribution in [1.29, 1.82) is 0 Å². The Bertz CT molecular complexity index is 999. The van der Waals surface area contributed by atoms with Crippen LogP contribution in [-0.4, -0.2) is 5.78 Å². The summed E-state index contributed by atoms with van der Waals surface area (Å²) >= 11 is 1.60. The molecule has 3 aromatic rings. The van der Waals surface area contributed by atoms with Gasteiger partial charge < -0.3 is 5.73 Å². The smallest absolute Gasteiger partial charge is 0.196 e. The average Bonchev–Trinajstić information content (AvgIpc) is 3.25. The molecule has 1 aromatic heterocycles. The van der Waals surface area contributed by atoms with Gasteiger partial charge in [0.25, 0.3) is 0 Å². The number of ketones is 1. The van der Waals surface area contributed by atoms with Gasteiger partial charge in [0, 0.05) is 10.4 Å². The molecule has 2 aliphatic carbocycles. The minimum absolute atomic E-state index is 0.0886. The van der Waals surface area contributed by atoms with E-state index in [2.05, 4.69) is 36.4 Å². The predicted molar refractivity (Wildman–Crippen MR) is 98.9 cm³/mol. The Kier molecular flexibility index (Phi) is 2.95. The summed E-state index contributed by atoms with van der Waals surface area (Å²) < 4.78 is 0. The molecule has 0 radical (unpaired) electrons. The van der Waals surface area contributed by atoms with Crippen LogP contribution in [0.5, 0.6) is 0 Å². The molecule has 0 amide bonds. The lowest BCUT2D eigenvalue weighted by Gasteiger charge is -2.06. The average molecular weight is 331 g/mol. The summed E-state index contributed by atoms with van der Waals surface area (Å²) in [5, 5.41) is 0.688. The number of fused-ring (bicyclic) bond motifs is 4. The van der Waals surface area contributed by atoms with Gasteiger partial charge in [-0.1, -0.05) is 36.4 Å². The highest BCUT2D eigenvalue weighted by Crippen LogP contribution is 2.40. The van der Waals surface area contributed by atoms with Crippen LogP contribution in [0, 0.1) is 0 Å². The van der Waals surface area contributed by atoms with Gasteiger partial charge in [-0.3, -0.25) is 4.79 Å². The summed E-state index contributed by atoms with van der Waals surface area (Å²) in [4.78, 5) is 14.4. The number of rotatable bonds is 2. The fourth-order valence-electron chi connectivity index (χ4n) is 4.11. The van der Waals surface area contributed by atoms with Gasteiger partial charge in [0.15, 0.2) is 5.78 Å². The Balaban J connectivity index is 1.58. The summed E-state index contributed by atoms with van der Waals surface area (Å²) in [5.74, 6) is 0.0886. The highest BCUT2D eigenvalue weighted by Gasteiger charge is 2.27. The van der Waals surface area contributed by atoms with E-state index in [-0.39, 0.29) is 5.78 Å². The summed E-state index contributed by atoms with van der Waals surface area (Å²) in [6.45, 7) is 0. The van der Waals surface area contributed by atoms with Crippen molar-refractivity contribution >= 4 is 22.1 Å². The number of carbonyl (C=O) groups is 1. The van der Waals surface area contributed by atoms with Crippen molar-refractivity contribution in [2.24, 2.45) is 0 Å². The van der Waals surface area contributed by atoms with Crippen LogP contribution in [0.15, 0.2) is 42.5 Å². The number of hydrogen-bond donors (Lipinski definition) is 1. The minimum atomic E-state index is 0.0886. The highest BCUT2D eigenvalue weighted by molar-refractivity contribution is 7.16. The second-order valence-corrected chi connectivity index (χ2v) is 7.77. The number of nitrogens with two attached hydrogens (primary N) is 1. The van der Waals surface area contributed by atoms with Gasteiger partial charge in [-0.2, -0.15) is 0 Å². The number of carbonyl (C=O) groups excluding carboxylic acids is 1. The summed E-state index contributed by atoms with van der Waals surface area (Å²) in [5.41, 5.74) is 14.0. The molecule has 0 saturated carbocycles. The van der Waals surface area contributed by atoms with Gasteiger partial charge in [-0.05, 0) is 59.6 Å². The molecule has 0 bridgehead atoms. The molecule has 0 saturated heterocycles. The molecule has 2 aliphatic rings. The van der Waals surface area contributed by atoms with E-state index >= 15 is 0 Å². The first-order valence-corrected chi connectivity index (χ1v) is 9.20. The largest absolute Gasteiger partial charge is 0.390 e. The molecule has 0 atom stereocenters. The van der Waals surface area contributed by atoms with Gasteiger partial charge in [0.05, 0.1) is 10.6 Å². The van der Waals surface area contributed by atoms with E-state index < -0.39 is 0 Å². The quantitative estimate of drug-likeness (QED) is 0.545. The first-order valence-electron chi connectivity index (χ1n) is 8.38. The maximum Gasteiger partial charge on any atom is 0.196 e. The number of aryl methyl sites for hydroxylation is 1. The van der Waals surface area contributed by atoms with Crippen LogP contribution in [-0.2, 0) is 19.3 Å². The van der Waals surface area contributed by atoms with Crippen LogP contribution in [0.25, 0.3) is 11.1 Å². The Hall–Kier alpha value is -2.39. The Morgan fingerprint density at radius 3 is 2.75 bits per heavy atom. The van der Waals surface area contributed by atoms with Gasteiger partial charge >= 0.3 is 0 Å². The van der Waals surface area contributed by atoms with Crippen LogP contribution in [0.3, 0.4) is 0 Å². The second-order valence-electron chi connectivity index (χ2n) is 6.63. The molecule has 0 aliphatic heterocycles. The Morgan fingerprint density at radius 1 is 1.00 bits per heavy atom. The molecule has 3 heteroatoms. The van der Waals surface area contributed by atoms with Gasteiger partial charge in [-0.15, -0.1) is 11.3 Å². The van der Waals surface area contributed by atoms with Crippen LogP contribution in [0.4, 0.5) is 5.00 Å². The SMILES string of the molecule is Nc1sc2c(c1C(=O)c1ccc3c(c1)Cc1ccccc1-3)CCC2.